The molecule has 5 heteroatoms. The lowest BCUT2D eigenvalue weighted by molar-refractivity contribution is 0.686. The number of imidazole rings is 1. The predicted octanol–water partition coefficient (Wildman–Crippen LogP) is 2.84. The van der Waals surface area contributed by atoms with Crippen molar-refractivity contribution in [3.63, 3.8) is 0 Å². The SMILES string of the molecule is NCCc1nn2cc(-c3ccc4c(c3)CCCC4)nc2s1. The third-order valence-corrected chi connectivity index (χ3v) is 5.07. The number of aryl methyl sites for hydroxylation is 2. The van der Waals surface area contributed by atoms with Crippen molar-refractivity contribution in [3.05, 3.63) is 40.5 Å². The Morgan fingerprint density at radius 2 is 2.05 bits per heavy atom. The molecule has 0 spiro atoms. The number of hydrogen-bond acceptors (Lipinski definition) is 4. The zero-order chi connectivity index (χ0) is 14.2. The van der Waals surface area contributed by atoms with Crippen molar-refractivity contribution < 1.29 is 0 Å². The highest BCUT2D eigenvalue weighted by molar-refractivity contribution is 7.16. The number of hydrogen-bond donors (Lipinski definition) is 1. The number of aromatic nitrogens is 3. The fraction of sp³-hybridized carbons (Fsp3) is 0.375. The summed E-state index contributed by atoms with van der Waals surface area (Å²) in [6.07, 6.45) is 7.89. The Bertz CT molecular complexity index is 755. The molecule has 3 aromatic rings. The van der Waals surface area contributed by atoms with Gasteiger partial charge in [-0.25, -0.2) is 9.50 Å². The first-order chi connectivity index (χ1) is 10.3. The van der Waals surface area contributed by atoms with Gasteiger partial charge in [0.25, 0.3) is 0 Å². The van der Waals surface area contributed by atoms with E-state index in [1.807, 2.05) is 10.7 Å². The summed E-state index contributed by atoms with van der Waals surface area (Å²) in [7, 11) is 0. The van der Waals surface area contributed by atoms with Crippen LogP contribution in [0.25, 0.3) is 16.2 Å². The van der Waals surface area contributed by atoms with Crippen LogP contribution >= 0.6 is 11.3 Å². The van der Waals surface area contributed by atoms with Crippen LogP contribution in [-0.2, 0) is 19.3 Å². The lowest BCUT2D eigenvalue weighted by Crippen LogP contribution is -2.02. The second-order valence-electron chi connectivity index (χ2n) is 5.58. The van der Waals surface area contributed by atoms with Gasteiger partial charge in [-0.1, -0.05) is 23.5 Å². The van der Waals surface area contributed by atoms with Crippen LogP contribution in [0.3, 0.4) is 0 Å². The summed E-state index contributed by atoms with van der Waals surface area (Å²) in [4.78, 5) is 5.66. The van der Waals surface area contributed by atoms with Crippen LogP contribution in [-0.4, -0.2) is 21.1 Å². The van der Waals surface area contributed by atoms with Gasteiger partial charge in [0, 0.05) is 12.0 Å². The van der Waals surface area contributed by atoms with E-state index >= 15 is 0 Å². The minimum atomic E-state index is 0.633. The van der Waals surface area contributed by atoms with Crippen molar-refractivity contribution >= 4 is 16.3 Å². The highest BCUT2D eigenvalue weighted by Gasteiger charge is 2.13. The van der Waals surface area contributed by atoms with E-state index in [0.29, 0.717) is 6.54 Å². The van der Waals surface area contributed by atoms with E-state index in [1.165, 1.54) is 42.4 Å². The molecule has 2 N–H and O–H groups in total. The molecule has 0 amide bonds. The molecule has 4 rings (SSSR count). The number of benzene rings is 1. The van der Waals surface area contributed by atoms with Crippen molar-refractivity contribution in [1.82, 2.24) is 14.6 Å². The number of fused-ring (bicyclic) bond motifs is 2. The number of rotatable bonds is 3. The molecular weight excluding hydrogens is 280 g/mol. The average molecular weight is 298 g/mol. The smallest absolute Gasteiger partial charge is 0.212 e. The van der Waals surface area contributed by atoms with Gasteiger partial charge in [0.15, 0.2) is 0 Å². The molecule has 0 saturated heterocycles. The quantitative estimate of drug-likeness (QED) is 0.809. The van der Waals surface area contributed by atoms with Crippen LogP contribution in [0.2, 0.25) is 0 Å². The monoisotopic (exact) mass is 298 g/mol. The summed E-state index contributed by atoms with van der Waals surface area (Å²) in [5, 5.41) is 5.58. The Labute approximate surface area is 127 Å². The Morgan fingerprint density at radius 3 is 2.86 bits per heavy atom. The largest absolute Gasteiger partial charge is 0.330 e. The maximum atomic E-state index is 5.57. The molecule has 1 aliphatic rings. The van der Waals surface area contributed by atoms with E-state index in [2.05, 4.69) is 23.3 Å². The minimum Gasteiger partial charge on any atom is -0.330 e. The first-order valence-electron chi connectivity index (χ1n) is 7.51. The second-order valence-corrected chi connectivity index (χ2v) is 6.62. The fourth-order valence-corrected chi connectivity index (χ4v) is 3.89. The van der Waals surface area contributed by atoms with Gasteiger partial charge in [-0.2, -0.15) is 5.10 Å². The number of nitrogens with two attached hydrogens (primary N) is 1. The van der Waals surface area contributed by atoms with Gasteiger partial charge in [0.05, 0.1) is 11.9 Å². The average Bonchev–Trinajstić information content (AvgIpc) is 3.05. The summed E-state index contributed by atoms with van der Waals surface area (Å²) >= 11 is 1.63. The van der Waals surface area contributed by atoms with E-state index in [0.717, 1.165) is 22.1 Å². The molecule has 0 atom stereocenters. The summed E-state index contributed by atoms with van der Waals surface area (Å²) in [6, 6.07) is 6.77. The molecule has 0 radical (unpaired) electrons. The molecule has 1 aliphatic carbocycles. The van der Waals surface area contributed by atoms with Crippen molar-refractivity contribution in [2.24, 2.45) is 5.73 Å². The van der Waals surface area contributed by atoms with E-state index in [9.17, 15) is 0 Å². The summed E-state index contributed by atoms with van der Waals surface area (Å²) < 4.78 is 1.88. The molecule has 0 unspecified atom stereocenters. The zero-order valence-electron chi connectivity index (χ0n) is 11.9. The van der Waals surface area contributed by atoms with Gasteiger partial charge in [0.2, 0.25) is 4.96 Å². The van der Waals surface area contributed by atoms with Crippen LogP contribution in [0.1, 0.15) is 29.0 Å². The van der Waals surface area contributed by atoms with Crippen LogP contribution in [0.5, 0.6) is 0 Å². The number of nitrogens with zero attached hydrogens (tertiary/aromatic N) is 3. The lowest BCUT2D eigenvalue weighted by Gasteiger charge is -2.15. The van der Waals surface area contributed by atoms with Crippen LogP contribution in [0.15, 0.2) is 24.4 Å². The van der Waals surface area contributed by atoms with Gasteiger partial charge in [0.1, 0.15) is 5.01 Å². The maximum Gasteiger partial charge on any atom is 0.212 e. The maximum absolute atomic E-state index is 5.57. The van der Waals surface area contributed by atoms with Gasteiger partial charge >= 0.3 is 0 Å². The van der Waals surface area contributed by atoms with E-state index in [1.54, 1.807) is 11.3 Å². The molecule has 0 saturated carbocycles. The Morgan fingerprint density at radius 1 is 1.19 bits per heavy atom. The zero-order valence-corrected chi connectivity index (χ0v) is 12.7. The summed E-state index contributed by atoms with van der Waals surface area (Å²) in [5.74, 6) is 0. The van der Waals surface area contributed by atoms with Crippen molar-refractivity contribution in [1.29, 1.82) is 0 Å². The fourth-order valence-electron chi connectivity index (χ4n) is 3.00. The summed E-state index contributed by atoms with van der Waals surface area (Å²) in [6.45, 7) is 0.633. The standard InChI is InChI=1S/C16H18N4S/c17-8-7-15-19-20-10-14(18-16(20)21-15)13-6-5-11-3-1-2-4-12(11)9-13/h5-6,9-10H,1-4,7-8,17H2. The van der Waals surface area contributed by atoms with Crippen LogP contribution < -0.4 is 5.73 Å². The molecule has 0 fully saturated rings. The molecule has 1 aromatic carbocycles. The van der Waals surface area contributed by atoms with Gasteiger partial charge in [-0.15, -0.1) is 0 Å². The molecule has 0 aliphatic heterocycles. The Kier molecular flexibility index (Phi) is 3.24. The third kappa shape index (κ3) is 2.36. The Hall–Kier alpha value is -1.72. The second kappa shape index (κ2) is 5.24. The van der Waals surface area contributed by atoms with Crippen LogP contribution in [0.4, 0.5) is 0 Å². The predicted molar refractivity (Wildman–Crippen MR) is 85.7 cm³/mol. The molecule has 0 bridgehead atoms. The van der Waals surface area contributed by atoms with Crippen molar-refractivity contribution in [3.8, 4) is 11.3 Å². The van der Waals surface area contributed by atoms with Gasteiger partial charge < -0.3 is 5.73 Å². The molecular formula is C16H18N4S. The van der Waals surface area contributed by atoms with Crippen molar-refractivity contribution in [2.45, 2.75) is 32.1 Å². The topological polar surface area (TPSA) is 56.2 Å². The first-order valence-corrected chi connectivity index (χ1v) is 8.32. The molecule has 2 aromatic heterocycles. The van der Waals surface area contributed by atoms with Gasteiger partial charge in [-0.3, -0.25) is 0 Å². The lowest BCUT2D eigenvalue weighted by atomic mass is 9.90. The molecule has 108 valence electrons. The first kappa shape index (κ1) is 13.0. The highest BCUT2D eigenvalue weighted by Crippen LogP contribution is 2.28. The van der Waals surface area contributed by atoms with E-state index in [4.69, 9.17) is 10.7 Å². The van der Waals surface area contributed by atoms with Crippen LogP contribution in [0, 0.1) is 0 Å². The minimum absolute atomic E-state index is 0.633. The molecule has 4 nitrogen and oxygen atoms in total. The summed E-state index contributed by atoms with van der Waals surface area (Å²) in [5.41, 5.74) is 10.8. The normalized spacial score (nSPS) is 14.5. The Balaban J connectivity index is 1.70. The molecule has 2 heterocycles. The van der Waals surface area contributed by atoms with E-state index < -0.39 is 0 Å². The van der Waals surface area contributed by atoms with Gasteiger partial charge in [-0.05, 0) is 49.4 Å². The molecule has 21 heavy (non-hydrogen) atoms. The van der Waals surface area contributed by atoms with Crippen molar-refractivity contribution in [2.75, 3.05) is 6.54 Å². The highest BCUT2D eigenvalue weighted by atomic mass is 32.1. The van der Waals surface area contributed by atoms with E-state index in [-0.39, 0.29) is 0 Å². The third-order valence-electron chi connectivity index (χ3n) is 4.09.